The van der Waals surface area contributed by atoms with Crippen molar-refractivity contribution in [3.63, 3.8) is 0 Å². The average molecular weight is 1300 g/mol. The number of anilines is 10. The van der Waals surface area contributed by atoms with Crippen LogP contribution in [0.5, 0.6) is 0 Å². The molecular formula is C79H113N11O5. The summed E-state index contributed by atoms with van der Waals surface area (Å²) in [6, 6.07) is 63.7. The van der Waals surface area contributed by atoms with Gasteiger partial charge >= 0.3 is 0 Å². The quantitative estimate of drug-likeness (QED) is 0.0572. The zero-order valence-electron chi connectivity index (χ0n) is 60.3. The Kier molecular flexibility index (Phi) is 54.4. The van der Waals surface area contributed by atoms with E-state index < -0.39 is 0 Å². The van der Waals surface area contributed by atoms with Gasteiger partial charge in [0, 0.05) is 91.7 Å². The molecule has 0 atom stereocenters. The zero-order chi connectivity index (χ0) is 73.3. The van der Waals surface area contributed by atoms with Crippen molar-refractivity contribution in [3.8, 4) is 11.1 Å². The number of hydrogen-bond donors (Lipinski definition) is 11. The van der Waals surface area contributed by atoms with Gasteiger partial charge < -0.3 is 61.0 Å². The van der Waals surface area contributed by atoms with Crippen molar-refractivity contribution in [2.24, 2.45) is 0 Å². The minimum Gasteiger partial charge on any atom is -0.399 e. The summed E-state index contributed by atoms with van der Waals surface area (Å²) in [6.45, 7) is 38.1. The fourth-order valence-corrected chi connectivity index (χ4v) is 6.83. The van der Waals surface area contributed by atoms with Gasteiger partial charge in [0.05, 0.1) is 0 Å². The third kappa shape index (κ3) is 37.3. The lowest BCUT2D eigenvalue weighted by Gasteiger charge is -2.08. The van der Waals surface area contributed by atoms with Crippen LogP contribution in [0.15, 0.2) is 218 Å². The third-order valence-corrected chi connectivity index (χ3v) is 11.2. The number of nitrogens with one attached hydrogen (secondary N) is 5. The van der Waals surface area contributed by atoms with E-state index in [9.17, 15) is 24.0 Å². The van der Waals surface area contributed by atoms with Crippen LogP contribution >= 0.6 is 0 Å². The molecule has 9 rings (SSSR count). The van der Waals surface area contributed by atoms with Gasteiger partial charge in [-0.1, -0.05) is 167 Å². The number of rotatable bonds is 10. The summed E-state index contributed by atoms with van der Waals surface area (Å²) in [7, 11) is 1.60. The standard InChI is InChI=1S/C20H18N4O2.C20H18N2O.C13H13N3O.C8H10N2O.9C2H6/c21-15-5-9-17(10-6-15)23-19(25)13-1-2-14(4-3-13)20(26)24-18-11-7-16(22)8-12-18;1-14-2-4-15(5-3-14)16-8-12-19(13-9-16)22-20(23)17-6-10-18(21)11-7-17;14-10-3-1-9(2-4-10)13(17)16-12-7-5-11(15)6-8-12;1-10-8(11)6-2-4-7(9)5-3-6;9*1-2/h1-12H,21-22H2,(H,23,25)(H,24,26);2-13H,21H2,1H3,(H,22,23);1-8H,14-15H2,(H,16,17);2-5H,9H2,1H3,(H,10,11);9*1-2H3. The molecule has 0 aliphatic heterocycles. The highest BCUT2D eigenvalue weighted by molar-refractivity contribution is 6.08. The molecule has 17 N–H and O–H groups in total. The second-order valence-corrected chi connectivity index (χ2v) is 17.1. The first kappa shape index (κ1) is 90.5. The molecule has 0 saturated carbocycles. The van der Waals surface area contributed by atoms with Gasteiger partial charge in [-0.15, -0.1) is 0 Å². The van der Waals surface area contributed by atoms with Crippen LogP contribution in [0, 0.1) is 6.92 Å². The van der Waals surface area contributed by atoms with Crippen LogP contribution in [-0.4, -0.2) is 36.6 Å². The first-order chi connectivity index (χ1) is 46.0. The molecule has 0 bridgehead atoms. The highest BCUT2D eigenvalue weighted by atomic mass is 16.2. The lowest BCUT2D eigenvalue weighted by Crippen LogP contribution is -2.17. The van der Waals surface area contributed by atoms with E-state index in [4.69, 9.17) is 34.4 Å². The van der Waals surface area contributed by atoms with Gasteiger partial charge in [0.15, 0.2) is 0 Å². The minimum absolute atomic E-state index is 0.0926. The maximum Gasteiger partial charge on any atom is 0.255 e. The van der Waals surface area contributed by atoms with E-state index >= 15 is 0 Å². The van der Waals surface area contributed by atoms with Crippen LogP contribution in [0.2, 0.25) is 0 Å². The molecule has 0 saturated heterocycles. The molecular weight excluding hydrogens is 1180 g/mol. The van der Waals surface area contributed by atoms with Crippen LogP contribution in [-0.2, 0) is 0 Å². The molecule has 0 aromatic heterocycles. The first-order valence-electron chi connectivity index (χ1n) is 32.9. The summed E-state index contributed by atoms with van der Waals surface area (Å²) in [5, 5.41) is 13.7. The number of amides is 5. The fourth-order valence-electron chi connectivity index (χ4n) is 6.83. The van der Waals surface area contributed by atoms with Crippen molar-refractivity contribution in [1.29, 1.82) is 0 Å². The summed E-state index contributed by atoms with van der Waals surface area (Å²) in [6.07, 6.45) is 0. The minimum atomic E-state index is -0.264. The average Bonchev–Trinajstić information content (AvgIpc) is 1.02. The number of benzene rings is 9. The van der Waals surface area contributed by atoms with Crippen molar-refractivity contribution in [1.82, 2.24) is 5.32 Å². The molecule has 16 heteroatoms. The highest BCUT2D eigenvalue weighted by Crippen LogP contribution is 2.23. The van der Waals surface area contributed by atoms with Gasteiger partial charge in [-0.25, -0.2) is 0 Å². The van der Waals surface area contributed by atoms with Gasteiger partial charge in [-0.3, -0.25) is 24.0 Å². The summed E-state index contributed by atoms with van der Waals surface area (Å²) < 4.78 is 0. The Balaban J connectivity index is -0.000000551. The Morgan fingerprint density at radius 2 is 0.368 bits per heavy atom. The Hall–Kier alpha value is -10.9. The van der Waals surface area contributed by atoms with Gasteiger partial charge in [-0.2, -0.15) is 0 Å². The van der Waals surface area contributed by atoms with Crippen LogP contribution in [0.3, 0.4) is 0 Å². The topological polar surface area (TPSA) is 302 Å². The van der Waals surface area contributed by atoms with Crippen LogP contribution in [0.1, 0.15) is 182 Å². The Morgan fingerprint density at radius 3 is 0.558 bits per heavy atom. The molecule has 16 nitrogen and oxygen atoms in total. The predicted molar refractivity (Wildman–Crippen MR) is 416 cm³/mol. The molecule has 9 aromatic rings. The third-order valence-electron chi connectivity index (χ3n) is 11.2. The van der Waals surface area contributed by atoms with Gasteiger partial charge in [0.2, 0.25) is 0 Å². The Labute approximate surface area is 570 Å². The zero-order valence-corrected chi connectivity index (χ0v) is 60.3. The first-order valence-corrected chi connectivity index (χ1v) is 32.9. The molecule has 95 heavy (non-hydrogen) atoms. The molecule has 0 aliphatic carbocycles. The van der Waals surface area contributed by atoms with E-state index in [1.807, 2.05) is 149 Å². The van der Waals surface area contributed by atoms with Gasteiger partial charge in [-0.05, 0) is 200 Å². The van der Waals surface area contributed by atoms with Gasteiger partial charge in [0.25, 0.3) is 29.5 Å². The molecule has 0 heterocycles. The van der Waals surface area contributed by atoms with E-state index in [0.29, 0.717) is 79.0 Å². The van der Waals surface area contributed by atoms with E-state index in [1.165, 1.54) is 5.56 Å². The number of nitrogens with two attached hydrogens (primary N) is 6. The summed E-state index contributed by atoms with van der Waals surface area (Å²) in [5.41, 5.74) is 46.2. The van der Waals surface area contributed by atoms with Crippen LogP contribution in [0.4, 0.5) is 56.9 Å². The second kappa shape index (κ2) is 57.1. The maximum absolute atomic E-state index is 12.2. The van der Waals surface area contributed by atoms with Crippen LogP contribution < -0.4 is 61.0 Å². The molecule has 514 valence electrons. The van der Waals surface area contributed by atoms with E-state index in [2.05, 4.69) is 57.8 Å². The number of aryl methyl sites for hydroxylation is 1. The van der Waals surface area contributed by atoms with E-state index in [-0.39, 0.29) is 29.5 Å². The highest BCUT2D eigenvalue weighted by Gasteiger charge is 2.11. The predicted octanol–water partition coefficient (Wildman–Crippen LogP) is 19.8. The molecule has 0 spiro atoms. The Morgan fingerprint density at radius 1 is 0.221 bits per heavy atom. The SMILES string of the molecule is CC.CC.CC.CC.CC.CC.CC.CC.CC.CNC(=O)c1ccc(N)cc1.Cc1ccc(-c2ccc(NC(=O)c3ccc(N)cc3)cc2)cc1.Nc1ccc(NC(=O)c2ccc(C(=O)Nc3ccc(N)cc3)cc2)cc1.Nc1ccc(NC(=O)c2ccc(N)cc2)cc1. The number of hydrogen-bond acceptors (Lipinski definition) is 11. The molecule has 0 radical (unpaired) electrons. The molecule has 5 amide bonds. The monoisotopic (exact) mass is 1300 g/mol. The van der Waals surface area contributed by atoms with E-state index in [0.717, 1.165) is 16.8 Å². The summed E-state index contributed by atoms with van der Waals surface area (Å²) >= 11 is 0. The second-order valence-electron chi connectivity index (χ2n) is 17.1. The molecule has 9 aromatic carbocycles. The Bertz CT molecular complexity index is 3300. The largest absolute Gasteiger partial charge is 0.399 e. The summed E-state index contributed by atoms with van der Waals surface area (Å²) in [4.78, 5) is 59.5. The fraction of sp³-hybridized carbons (Fsp3) is 0.253. The normalized spacial score (nSPS) is 8.67. The van der Waals surface area contributed by atoms with Crippen molar-refractivity contribution in [2.75, 3.05) is 62.7 Å². The lowest BCUT2D eigenvalue weighted by atomic mass is 10.0. The maximum atomic E-state index is 12.2. The van der Waals surface area contributed by atoms with Gasteiger partial charge in [0.1, 0.15) is 0 Å². The van der Waals surface area contributed by atoms with Crippen molar-refractivity contribution >= 4 is 86.4 Å². The van der Waals surface area contributed by atoms with Crippen molar-refractivity contribution < 1.29 is 24.0 Å². The summed E-state index contributed by atoms with van der Waals surface area (Å²) in [5.74, 6) is -0.937. The molecule has 0 aliphatic rings. The number of carbonyl (C=O) groups is 5. The molecule has 0 fully saturated rings. The van der Waals surface area contributed by atoms with E-state index in [1.54, 1.807) is 177 Å². The van der Waals surface area contributed by atoms with Crippen molar-refractivity contribution in [3.05, 3.63) is 252 Å². The number of nitrogen functional groups attached to an aromatic ring is 6. The number of carbonyl (C=O) groups excluding carboxylic acids is 5. The van der Waals surface area contributed by atoms with Crippen LogP contribution in [0.25, 0.3) is 11.1 Å². The molecule has 0 unspecified atom stereocenters. The van der Waals surface area contributed by atoms with Crippen molar-refractivity contribution in [2.45, 2.75) is 132 Å². The lowest BCUT2D eigenvalue weighted by molar-refractivity contribution is 0.0960. The smallest absolute Gasteiger partial charge is 0.255 e.